The van der Waals surface area contributed by atoms with Crippen LogP contribution in [0.2, 0.25) is 0 Å². The van der Waals surface area contributed by atoms with Crippen molar-refractivity contribution in [3.05, 3.63) is 85.1 Å². The van der Waals surface area contributed by atoms with Crippen molar-refractivity contribution in [1.82, 2.24) is 0 Å². The topological polar surface area (TPSA) is 78.9 Å². The van der Waals surface area contributed by atoms with Crippen LogP contribution in [0.25, 0.3) is 0 Å². The van der Waals surface area contributed by atoms with Gasteiger partial charge in [0.15, 0.2) is 6.10 Å². The molecule has 0 aromatic rings. The number of carbonyl (C=O) groups is 3. The van der Waals surface area contributed by atoms with Crippen LogP contribution in [0.15, 0.2) is 85.1 Å². The van der Waals surface area contributed by atoms with E-state index in [0.29, 0.717) is 19.3 Å². The van der Waals surface area contributed by atoms with Gasteiger partial charge in [0.25, 0.3) is 0 Å². The van der Waals surface area contributed by atoms with Crippen LogP contribution in [0.4, 0.5) is 0 Å². The van der Waals surface area contributed by atoms with Crippen molar-refractivity contribution in [3.8, 4) is 0 Å². The third kappa shape index (κ3) is 57.4. The summed E-state index contributed by atoms with van der Waals surface area (Å²) in [5.41, 5.74) is 0. The number of hydrogen-bond donors (Lipinski definition) is 0. The molecule has 0 aromatic carbocycles. The highest BCUT2D eigenvalue weighted by Crippen LogP contribution is 2.16. The zero-order valence-corrected chi connectivity index (χ0v) is 46.7. The van der Waals surface area contributed by atoms with Gasteiger partial charge in [0, 0.05) is 19.3 Å². The van der Waals surface area contributed by atoms with Crippen molar-refractivity contribution in [3.63, 3.8) is 0 Å². The van der Waals surface area contributed by atoms with Gasteiger partial charge < -0.3 is 14.2 Å². The Morgan fingerprint density at radius 1 is 0.296 bits per heavy atom. The normalized spacial score (nSPS) is 12.7. The van der Waals surface area contributed by atoms with Gasteiger partial charge in [-0.05, 0) is 89.9 Å². The second-order valence-electron chi connectivity index (χ2n) is 19.9. The maximum atomic E-state index is 12.8. The van der Waals surface area contributed by atoms with E-state index in [1.54, 1.807) is 0 Å². The Morgan fingerprint density at radius 3 is 0.901 bits per heavy atom. The molecule has 0 aliphatic heterocycles. The first-order valence-corrected chi connectivity index (χ1v) is 30.1. The first kappa shape index (κ1) is 67.6. The molecule has 0 saturated carbocycles. The van der Waals surface area contributed by atoms with E-state index in [4.69, 9.17) is 14.2 Å². The van der Waals surface area contributed by atoms with Gasteiger partial charge in [0.05, 0.1) is 0 Å². The van der Waals surface area contributed by atoms with Crippen LogP contribution in [-0.4, -0.2) is 37.2 Å². The van der Waals surface area contributed by atoms with Crippen LogP contribution in [0.3, 0.4) is 0 Å². The van der Waals surface area contributed by atoms with E-state index in [-0.39, 0.29) is 37.5 Å². The number of unbranched alkanes of at least 4 members (excludes halogenated alkanes) is 29. The average Bonchev–Trinajstić information content (AvgIpc) is 3.37. The Labute approximate surface area is 439 Å². The Morgan fingerprint density at radius 2 is 0.563 bits per heavy atom. The van der Waals surface area contributed by atoms with Crippen LogP contribution >= 0.6 is 0 Å². The monoisotopic (exact) mass is 989 g/mol. The van der Waals surface area contributed by atoms with E-state index in [1.165, 1.54) is 161 Å². The van der Waals surface area contributed by atoms with E-state index in [1.807, 2.05) is 0 Å². The fourth-order valence-corrected chi connectivity index (χ4v) is 8.39. The molecule has 0 radical (unpaired) electrons. The summed E-state index contributed by atoms with van der Waals surface area (Å²) >= 11 is 0. The van der Waals surface area contributed by atoms with E-state index in [0.717, 1.165) is 83.5 Å². The molecule has 1 atom stereocenters. The maximum Gasteiger partial charge on any atom is 0.306 e. The summed E-state index contributed by atoms with van der Waals surface area (Å²) in [6.07, 6.45) is 77.3. The summed E-state index contributed by atoms with van der Waals surface area (Å²) in [6.45, 7) is 6.49. The Hall–Kier alpha value is -3.41. The van der Waals surface area contributed by atoms with Gasteiger partial charge in [0.2, 0.25) is 0 Å². The SMILES string of the molecule is CC/C=C\C/C=C\C/C=C\C/C=C\C/C=C\CCCC(=O)OC(COC(=O)CCCCCCCCCCCCC/C=C\C/C=C\CCCCCCC)COC(=O)CCCCCCCCCCCCCCC. The lowest BCUT2D eigenvalue weighted by Gasteiger charge is -2.18. The zero-order chi connectivity index (χ0) is 51.4. The summed E-state index contributed by atoms with van der Waals surface area (Å²) in [5.74, 6) is -0.950. The molecule has 0 amide bonds. The second-order valence-corrected chi connectivity index (χ2v) is 19.9. The van der Waals surface area contributed by atoms with E-state index < -0.39 is 6.10 Å². The highest BCUT2D eigenvalue weighted by molar-refractivity contribution is 5.71. The van der Waals surface area contributed by atoms with E-state index >= 15 is 0 Å². The Bertz CT molecular complexity index is 1370. The van der Waals surface area contributed by atoms with Crippen molar-refractivity contribution in [2.24, 2.45) is 0 Å². The van der Waals surface area contributed by atoms with Gasteiger partial charge in [-0.3, -0.25) is 14.4 Å². The van der Waals surface area contributed by atoms with E-state index in [2.05, 4.69) is 106 Å². The Kier molecular flexibility index (Phi) is 56.3. The van der Waals surface area contributed by atoms with Gasteiger partial charge in [-0.2, -0.15) is 0 Å². The smallest absolute Gasteiger partial charge is 0.306 e. The first-order chi connectivity index (χ1) is 35.0. The van der Waals surface area contributed by atoms with Crippen molar-refractivity contribution in [1.29, 1.82) is 0 Å². The third-order valence-corrected chi connectivity index (χ3v) is 12.9. The predicted octanol–water partition coefficient (Wildman–Crippen LogP) is 20.3. The lowest BCUT2D eigenvalue weighted by Crippen LogP contribution is -2.30. The summed E-state index contributed by atoms with van der Waals surface area (Å²) in [5, 5.41) is 0. The van der Waals surface area contributed by atoms with E-state index in [9.17, 15) is 14.4 Å². The standard InChI is InChI=1S/C65H112O6/c1-4-7-10-13-16-19-22-25-27-29-30-31-32-33-34-36-37-40-43-46-49-52-55-58-64(67)70-61-62(60-69-63(66)57-54-51-48-45-42-39-24-21-18-15-12-9-6-3)71-65(68)59-56-53-50-47-44-41-38-35-28-26-23-20-17-14-11-8-5-2/h8,11,17,20,22,25-26,28-30,38,41,47,50,62H,4-7,9-10,12-16,18-19,21,23-24,27,31-37,39-40,42-46,48-49,51-61H2,1-3H3/b11-8-,20-17-,25-22-,28-26-,30-29-,41-38-,50-47-. The minimum absolute atomic E-state index is 0.0974. The highest BCUT2D eigenvalue weighted by atomic mass is 16.6. The summed E-state index contributed by atoms with van der Waals surface area (Å²) < 4.78 is 16.8. The molecule has 408 valence electrons. The predicted molar refractivity (Wildman–Crippen MR) is 307 cm³/mol. The molecule has 6 nitrogen and oxygen atoms in total. The summed E-state index contributed by atoms with van der Waals surface area (Å²) in [4.78, 5) is 38.2. The summed E-state index contributed by atoms with van der Waals surface area (Å²) in [6, 6.07) is 0. The molecule has 71 heavy (non-hydrogen) atoms. The molecule has 0 saturated heterocycles. The molecular weight excluding hydrogens is 877 g/mol. The fraction of sp³-hybridized carbons (Fsp3) is 0.738. The average molecular weight is 990 g/mol. The fourth-order valence-electron chi connectivity index (χ4n) is 8.39. The zero-order valence-electron chi connectivity index (χ0n) is 46.7. The molecule has 0 aliphatic rings. The van der Waals surface area contributed by atoms with Crippen LogP contribution in [0.1, 0.15) is 290 Å². The number of rotatable bonds is 54. The molecule has 0 rings (SSSR count). The minimum Gasteiger partial charge on any atom is -0.462 e. The van der Waals surface area contributed by atoms with Crippen molar-refractivity contribution < 1.29 is 28.6 Å². The highest BCUT2D eigenvalue weighted by Gasteiger charge is 2.19. The second kappa shape index (κ2) is 59.2. The molecule has 0 spiro atoms. The first-order valence-electron chi connectivity index (χ1n) is 30.1. The maximum absolute atomic E-state index is 12.8. The lowest BCUT2D eigenvalue weighted by atomic mass is 10.0. The molecular formula is C65H112O6. The van der Waals surface area contributed by atoms with Gasteiger partial charge in [-0.1, -0.05) is 266 Å². The molecule has 0 aliphatic carbocycles. The molecule has 0 bridgehead atoms. The van der Waals surface area contributed by atoms with Gasteiger partial charge in [-0.15, -0.1) is 0 Å². The molecule has 6 heteroatoms. The molecule has 1 unspecified atom stereocenters. The van der Waals surface area contributed by atoms with Gasteiger partial charge in [0.1, 0.15) is 13.2 Å². The number of allylic oxidation sites excluding steroid dienone is 14. The largest absolute Gasteiger partial charge is 0.462 e. The molecule has 0 heterocycles. The number of hydrogen-bond acceptors (Lipinski definition) is 6. The summed E-state index contributed by atoms with van der Waals surface area (Å²) in [7, 11) is 0. The molecule has 0 fully saturated rings. The minimum atomic E-state index is -0.806. The molecule has 0 N–H and O–H groups in total. The van der Waals surface area contributed by atoms with Gasteiger partial charge in [-0.25, -0.2) is 0 Å². The number of ether oxygens (including phenoxy) is 3. The Balaban J connectivity index is 4.39. The van der Waals surface area contributed by atoms with Crippen LogP contribution in [0.5, 0.6) is 0 Å². The van der Waals surface area contributed by atoms with Crippen LogP contribution in [0, 0.1) is 0 Å². The van der Waals surface area contributed by atoms with Gasteiger partial charge >= 0.3 is 17.9 Å². The molecule has 0 aromatic heterocycles. The third-order valence-electron chi connectivity index (χ3n) is 12.9. The quantitative estimate of drug-likeness (QED) is 0.0261. The lowest BCUT2D eigenvalue weighted by molar-refractivity contribution is -0.167. The van der Waals surface area contributed by atoms with Crippen LogP contribution < -0.4 is 0 Å². The van der Waals surface area contributed by atoms with Crippen molar-refractivity contribution in [2.75, 3.05) is 13.2 Å². The van der Waals surface area contributed by atoms with Crippen molar-refractivity contribution >= 4 is 17.9 Å². The number of carbonyl (C=O) groups excluding carboxylic acids is 3. The number of esters is 3. The van der Waals surface area contributed by atoms with Crippen molar-refractivity contribution in [2.45, 2.75) is 297 Å². The van der Waals surface area contributed by atoms with Crippen LogP contribution in [-0.2, 0) is 28.6 Å².